The van der Waals surface area contributed by atoms with E-state index in [-0.39, 0.29) is 0 Å². The molecule has 232 valence electrons. The largest absolute Gasteiger partial charge is 0.452 e. The van der Waals surface area contributed by atoms with Crippen LogP contribution in [-0.2, 0) is 0 Å². The average Bonchev–Trinajstić information content (AvgIpc) is 3.75. The Morgan fingerprint density at radius 2 is 0.800 bits per heavy atom. The number of fused-ring (bicyclic) bond motifs is 11. The molecule has 0 fully saturated rings. The highest BCUT2D eigenvalue weighted by molar-refractivity contribution is 6.20. The van der Waals surface area contributed by atoms with Crippen molar-refractivity contribution in [3.8, 4) is 33.4 Å². The van der Waals surface area contributed by atoms with Crippen molar-refractivity contribution in [2.45, 2.75) is 0 Å². The third kappa shape index (κ3) is 4.09. The van der Waals surface area contributed by atoms with Gasteiger partial charge in [0.2, 0.25) is 0 Å². The van der Waals surface area contributed by atoms with Gasteiger partial charge in [0.05, 0.1) is 0 Å². The minimum atomic E-state index is 0.787. The van der Waals surface area contributed by atoms with E-state index >= 15 is 0 Å². The van der Waals surface area contributed by atoms with Crippen LogP contribution in [0.4, 0.5) is 0 Å². The van der Waals surface area contributed by atoms with Gasteiger partial charge in [-0.05, 0) is 120 Å². The molecule has 0 unspecified atom stereocenters. The smallest absolute Gasteiger partial charge is 0.178 e. The Morgan fingerprint density at radius 1 is 0.260 bits per heavy atom. The molecule has 0 saturated heterocycles. The molecule has 0 radical (unpaired) electrons. The van der Waals surface area contributed by atoms with Crippen LogP contribution >= 0.6 is 0 Å². The van der Waals surface area contributed by atoms with E-state index in [0.29, 0.717) is 0 Å². The lowest BCUT2D eigenvalue weighted by Gasteiger charge is -2.12. The predicted molar refractivity (Wildman–Crippen MR) is 210 cm³/mol. The zero-order valence-electron chi connectivity index (χ0n) is 27.0. The lowest BCUT2D eigenvalue weighted by molar-refractivity contribution is 0.633. The van der Waals surface area contributed by atoms with E-state index in [1.165, 1.54) is 60.1 Å². The first kappa shape index (κ1) is 27.3. The fourth-order valence-corrected chi connectivity index (χ4v) is 7.96. The Bertz CT molecular complexity index is 3160. The van der Waals surface area contributed by atoms with Crippen LogP contribution < -0.4 is 0 Å². The molecule has 0 amide bonds. The number of hydrogen-bond acceptors (Lipinski definition) is 2. The Kier molecular flexibility index (Phi) is 5.70. The molecule has 0 spiro atoms. The maximum atomic E-state index is 6.54. The molecule has 0 aliphatic heterocycles. The highest BCUT2D eigenvalue weighted by atomic mass is 16.4. The van der Waals surface area contributed by atoms with Gasteiger partial charge in [0.1, 0.15) is 11.2 Å². The molecule has 0 aliphatic carbocycles. The van der Waals surface area contributed by atoms with Crippen LogP contribution in [-0.4, -0.2) is 0 Å². The SMILES string of the molecule is c1cc(-c2ccc3oc4c(ccc5c6cc(-c7ccc8ccccc8c7)ccc6oc54)c3c2)cc(-c2cc3ccccc3c3ccccc23)c1. The van der Waals surface area contributed by atoms with Crippen LogP contribution in [0.2, 0.25) is 0 Å². The molecule has 2 nitrogen and oxygen atoms in total. The van der Waals surface area contributed by atoms with Crippen molar-refractivity contribution in [3.05, 3.63) is 170 Å². The molecule has 0 aliphatic rings. The molecule has 2 heteroatoms. The number of benzene rings is 9. The molecular weight excluding hydrogens is 609 g/mol. The van der Waals surface area contributed by atoms with Gasteiger partial charge in [-0.25, -0.2) is 0 Å². The van der Waals surface area contributed by atoms with Crippen molar-refractivity contribution in [1.82, 2.24) is 0 Å². The first-order valence-corrected chi connectivity index (χ1v) is 17.1. The maximum Gasteiger partial charge on any atom is 0.178 e. The molecule has 11 aromatic rings. The molecule has 2 aromatic heterocycles. The average molecular weight is 637 g/mol. The lowest BCUT2D eigenvalue weighted by atomic mass is 9.91. The summed E-state index contributed by atoms with van der Waals surface area (Å²) in [7, 11) is 0. The molecule has 0 N–H and O–H groups in total. The molecule has 0 saturated carbocycles. The van der Waals surface area contributed by atoms with Gasteiger partial charge in [-0.1, -0.05) is 115 Å². The number of rotatable bonds is 3. The van der Waals surface area contributed by atoms with Crippen molar-refractivity contribution < 1.29 is 8.83 Å². The summed E-state index contributed by atoms with van der Waals surface area (Å²) in [5.41, 5.74) is 10.4. The summed E-state index contributed by atoms with van der Waals surface area (Å²) >= 11 is 0. The van der Waals surface area contributed by atoms with Crippen molar-refractivity contribution >= 4 is 76.2 Å². The van der Waals surface area contributed by atoms with Gasteiger partial charge in [-0.2, -0.15) is 0 Å². The van der Waals surface area contributed by atoms with E-state index in [0.717, 1.165) is 49.4 Å². The summed E-state index contributed by atoms with van der Waals surface area (Å²) in [6.07, 6.45) is 0. The van der Waals surface area contributed by atoms with Gasteiger partial charge in [-0.15, -0.1) is 0 Å². The molecule has 0 atom stereocenters. The monoisotopic (exact) mass is 636 g/mol. The highest BCUT2D eigenvalue weighted by Gasteiger charge is 2.18. The van der Waals surface area contributed by atoms with Gasteiger partial charge in [-0.3, -0.25) is 0 Å². The summed E-state index contributed by atoms with van der Waals surface area (Å²) in [5, 5.41) is 11.8. The molecule has 50 heavy (non-hydrogen) atoms. The third-order valence-electron chi connectivity index (χ3n) is 10.4. The van der Waals surface area contributed by atoms with Gasteiger partial charge < -0.3 is 8.83 Å². The standard InChI is InChI=1S/C48H28O2/c1-2-9-30-24-32(17-16-29(30)8-1)34-19-23-46-44(27-34)41-21-20-40-43-26-33(18-22-45(43)49-47(40)48(41)50-46)31-11-7-12-35(25-31)42-28-36-10-3-4-13-37(36)38-14-5-6-15-39(38)42/h1-28H. The molecule has 0 bridgehead atoms. The van der Waals surface area contributed by atoms with Crippen LogP contribution in [0, 0.1) is 0 Å². The first-order chi connectivity index (χ1) is 24.7. The van der Waals surface area contributed by atoms with Gasteiger partial charge >= 0.3 is 0 Å². The summed E-state index contributed by atoms with van der Waals surface area (Å²) in [6, 6.07) is 61.0. The van der Waals surface area contributed by atoms with Crippen LogP contribution in [0.15, 0.2) is 179 Å². The van der Waals surface area contributed by atoms with Crippen molar-refractivity contribution in [2.24, 2.45) is 0 Å². The zero-order valence-corrected chi connectivity index (χ0v) is 27.0. The van der Waals surface area contributed by atoms with E-state index in [2.05, 4.69) is 170 Å². The fourth-order valence-electron chi connectivity index (χ4n) is 7.96. The van der Waals surface area contributed by atoms with Crippen LogP contribution in [0.5, 0.6) is 0 Å². The second kappa shape index (κ2) is 10.4. The van der Waals surface area contributed by atoms with Crippen LogP contribution in [0.3, 0.4) is 0 Å². The van der Waals surface area contributed by atoms with Crippen molar-refractivity contribution in [3.63, 3.8) is 0 Å². The van der Waals surface area contributed by atoms with Crippen LogP contribution in [0.25, 0.3) is 110 Å². The van der Waals surface area contributed by atoms with E-state index in [9.17, 15) is 0 Å². The minimum Gasteiger partial charge on any atom is -0.452 e. The summed E-state index contributed by atoms with van der Waals surface area (Å²) in [4.78, 5) is 0. The maximum absolute atomic E-state index is 6.54. The Labute approximate surface area is 287 Å². The minimum absolute atomic E-state index is 0.787. The summed E-state index contributed by atoms with van der Waals surface area (Å²) < 4.78 is 13.0. The van der Waals surface area contributed by atoms with E-state index < -0.39 is 0 Å². The lowest BCUT2D eigenvalue weighted by Crippen LogP contribution is -1.86. The zero-order chi connectivity index (χ0) is 32.8. The van der Waals surface area contributed by atoms with E-state index in [1.807, 2.05) is 0 Å². The van der Waals surface area contributed by atoms with Crippen molar-refractivity contribution in [2.75, 3.05) is 0 Å². The topological polar surface area (TPSA) is 26.3 Å². The molecule has 11 rings (SSSR count). The Hall–Kier alpha value is -6.64. The second-order valence-electron chi connectivity index (χ2n) is 13.3. The second-order valence-corrected chi connectivity index (χ2v) is 13.3. The Balaban J connectivity index is 1.02. The first-order valence-electron chi connectivity index (χ1n) is 17.1. The third-order valence-corrected chi connectivity index (χ3v) is 10.4. The summed E-state index contributed by atoms with van der Waals surface area (Å²) in [5.74, 6) is 0. The van der Waals surface area contributed by atoms with E-state index in [4.69, 9.17) is 8.83 Å². The van der Waals surface area contributed by atoms with Gasteiger partial charge in [0.15, 0.2) is 11.2 Å². The van der Waals surface area contributed by atoms with Gasteiger partial charge in [0.25, 0.3) is 0 Å². The molecular formula is C48H28O2. The Morgan fingerprint density at radius 3 is 1.52 bits per heavy atom. The fraction of sp³-hybridized carbons (Fsp3) is 0. The molecule has 2 heterocycles. The number of furan rings is 2. The normalized spacial score (nSPS) is 12.0. The van der Waals surface area contributed by atoms with Gasteiger partial charge in [0, 0.05) is 21.5 Å². The van der Waals surface area contributed by atoms with Crippen LogP contribution in [0.1, 0.15) is 0 Å². The predicted octanol–water partition coefficient (Wildman–Crippen LogP) is 13.9. The summed E-state index contributed by atoms with van der Waals surface area (Å²) in [6.45, 7) is 0. The highest BCUT2D eigenvalue weighted by Crippen LogP contribution is 2.42. The van der Waals surface area contributed by atoms with Crippen molar-refractivity contribution in [1.29, 1.82) is 0 Å². The number of hydrogen-bond donors (Lipinski definition) is 0. The quantitative estimate of drug-likeness (QED) is 0.180. The molecule has 9 aromatic carbocycles. The van der Waals surface area contributed by atoms with E-state index in [1.54, 1.807) is 0 Å².